The van der Waals surface area contributed by atoms with E-state index in [0.717, 1.165) is 18.9 Å². The molecule has 1 aliphatic heterocycles. The van der Waals surface area contributed by atoms with E-state index in [9.17, 15) is 22.8 Å². The van der Waals surface area contributed by atoms with Crippen molar-refractivity contribution in [2.75, 3.05) is 25.5 Å². The highest BCUT2D eigenvalue weighted by molar-refractivity contribution is 8.01. The quantitative estimate of drug-likeness (QED) is 0.218. The number of esters is 1. The Bertz CT molecular complexity index is 970. The van der Waals surface area contributed by atoms with Crippen molar-refractivity contribution in [1.29, 1.82) is 0 Å². The lowest BCUT2D eigenvalue weighted by Gasteiger charge is -2.24. The molecule has 3 rings (SSSR count). The van der Waals surface area contributed by atoms with Crippen molar-refractivity contribution in [3.8, 4) is 11.5 Å². The van der Waals surface area contributed by atoms with Gasteiger partial charge in [-0.1, -0.05) is 31.2 Å². The molecule has 0 N–H and O–H groups in total. The Balaban J connectivity index is 1.46. The number of carbonyl (C=O) groups excluding carboxylic acids is 2. The summed E-state index contributed by atoms with van der Waals surface area (Å²) in [6.07, 6.45) is -2.04. The van der Waals surface area contributed by atoms with E-state index in [1.807, 2.05) is 6.92 Å². The molecule has 0 aliphatic carbocycles. The molecule has 1 fully saturated rings. The molecule has 1 aliphatic rings. The van der Waals surface area contributed by atoms with Gasteiger partial charge < -0.3 is 19.1 Å². The van der Waals surface area contributed by atoms with Crippen LogP contribution in [0.25, 0.3) is 0 Å². The van der Waals surface area contributed by atoms with Crippen LogP contribution in [0.5, 0.6) is 11.5 Å². The second kappa shape index (κ2) is 12.3. The SMILES string of the molecule is CCCCOC(=O)c1csc(SCCN2C(=O)CCC2COc2cccc(OC(F)(F)F)c2)n1. The number of benzene rings is 1. The van der Waals surface area contributed by atoms with Crippen LogP contribution in [0.4, 0.5) is 13.2 Å². The van der Waals surface area contributed by atoms with E-state index in [0.29, 0.717) is 36.1 Å². The molecule has 34 heavy (non-hydrogen) atoms. The van der Waals surface area contributed by atoms with Gasteiger partial charge in [-0.15, -0.1) is 24.5 Å². The number of likely N-dealkylation sites (tertiary alicyclic amines) is 1. The number of aromatic nitrogens is 1. The molecule has 0 spiro atoms. The maximum absolute atomic E-state index is 12.4. The van der Waals surface area contributed by atoms with Gasteiger partial charge in [-0.3, -0.25) is 4.79 Å². The summed E-state index contributed by atoms with van der Waals surface area (Å²) >= 11 is 2.79. The number of thioether (sulfide) groups is 1. The summed E-state index contributed by atoms with van der Waals surface area (Å²) in [6.45, 7) is 3.01. The van der Waals surface area contributed by atoms with Gasteiger partial charge in [-0.25, -0.2) is 9.78 Å². The lowest BCUT2D eigenvalue weighted by Crippen LogP contribution is -2.38. The predicted molar refractivity (Wildman–Crippen MR) is 121 cm³/mol. The van der Waals surface area contributed by atoms with Gasteiger partial charge in [-0.05, 0) is 25.0 Å². The third kappa shape index (κ3) is 8.08. The molecular formula is C22H25F3N2O5S2. The Morgan fingerprint density at radius 2 is 2.12 bits per heavy atom. The van der Waals surface area contributed by atoms with Gasteiger partial charge in [0.25, 0.3) is 0 Å². The summed E-state index contributed by atoms with van der Waals surface area (Å²) in [7, 11) is 0. The topological polar surface area (TPSA) is 78.0 Å². The van der Waals surface area contributed by atoms with Crippen LogP contribution in [0, 0.1) is 0 Å². The van der Waals surface area contributed by atoms with Gasteiger partial charge in [0.05, 0.1) is 12.6 Å². The fraction of sp³-hybridized carbons (Fsp3) is 0.500. The van der Waals surface area contributed by atoms with Gasteiger partial charge in [0.1, 0.15) is 18.1 Å². The zero-order valence-corrected chi connectivity index (χ0v) is 20.1. The smallest absolute Gasteiger partial charge is 0.491 e. The Kier molecular flexibility index (Phi) is 9.45. The van der Waals surface area contributed by atoms with E-state index < -0.39 is 12.3 Å². The molecule has 1 amide bonds. The molecule has 1 atom stereocenters. The van der Waals surface area contributed by atoms with E-state index in [4.69, 9.17) is 9.47 Å². The first-order chi connectivity index (χ1) is 16.2. The van der Waals surface area contributed by atoms with Gasteiger partial charge in [-0.2, -0.15) is 0 Å². The van der Waals surface area contributed by atoms with Crippen LogP contribution in [0.3, 0.4) is 0 Å². The number of nitrogens with zero attached hydrogens (tertiary/aromatic N) is 2. The summed E-state index contributed by atoms with van der Waals surface area (Å²) < 4.78 is 52.6. The number of carbonyl (C=O) groups is 2. The highest BCUT2D eigenvalue weighted by Gasteiger charge is 2.32. The summed E-state index contributed by atoms with van der Waals surface area (Å²) in [5.74, 6) is 0.0138. The molecule has 1 aromatic heterocycles. The largest absolute Gasteiger partial charge is 0.573 e. The van der Waals surface area contributed by atoms with Crippen molar-refractivity contribution in [3.05, 3.63) is 35.3 Å². The molecule has 2 heterocycles. The first-order valence-electron chi connectivity index (χ1n) is 10.8. The molecule has 12 heteroatoms. The zero-order chi connectivity index (χ0) is 24.6. The third-order valence-electron chi connectivity index (χ3n) is 4.92. The van der Waals surface area contributed by atoms with Crippen molar-refractivity contribution in [2.45, 2.75) is 49.4 Å². The average Bonchev–Trinajstić information content (AvgIpc) is 3.39. The molecule has 1 unspecified atom stereocenters. The average molecular weight is 519 g/mol. The van der Waals surface area contributed by atoms with E-state index in [-0.39, 0.29) is 35.7 Å². The number of hydrogen-bond acceptors (Lipinski definition) is 8. The normalized spacial score (nSPS) is 16.1. The van der Waals surface area contributed by atoms with E-state index in [1.54, 1.807) is 10.3 Å². The van der Waals surface area contributed by atoms with Gasteiger partial charge >= 0.3 is 12.3 Å². The Hall–Kier alpha value is -2.47. The molecule has 2 aromatic rings. The monoisotopic (exact) mass is 518 g/mol. The summed E-state index contributed by atoms with van der Waals surface area (Å²) in [5.41, 5.74) is 0.281. The number of amides is 1. The number of unbranched alkanes of at least 4 members (excludes halogenated alkanes) is 1. The maximum atomic E-state index is 12.4. The summed E-state index contributed by atoms with van der Waals surface area (Å²) in [6, 6.07) is 5.12. The third-order valence-corrected chi connectivity index (χ3v) is 6.92. The van der Waals surface area contributed by atoms with Crippen LogP contribution in [0.15, 0.2) is 34.0 Å². The highest BCUT2D eigenvalue weighted by atomic mass is 32.2. The van der Waals surface area contributed by atoms with Crippen LogP contribution in [-0.4, -0.2) is 59.7 Å². The Morgan fingerprint density at radius 3 is 2.88 bits per heavy atom. The van der Waals surface area contributed by atoms with Crippen molar-refractivity contribution in [3.63, 3.8) is 0 Å². The van der Waals surface area contributed by atoms with Gasteiger partial charge in [0.2, 0.25) is 5.91 Å². The lowest BCUT2D eigenvalue weighted by atomic mass is 10.2. The van der Waals surface area contributed by atoms with Crippen molar-refractivity contribution in [2.24, 2.45) is 0 Å². The van der Waals surface area contributed by atoms with Crippen LogP contribution < -0.4 is 9.47 Å². The lowest BCUT2D eigenvalue weighted by molar-refractivity contribution is -0.274. The van der Waals surface area contributed by atoms with E-state index >= 15 is 0 Å². The first kappa shape index (κ1) is 26.1. The molecule has 186 valence electrons. The number of rotatable bonds is 12. The summed E-state index contributed by atoms with van der Waals surface area (Å²) in [4.78, 5) is 30.3. The van der Waals surface area contributed by atoms with E-state index in [1.165, 1.54) is 41.3 Å². The molecule has 0 radical (unpaired) electrons. The standard InChI is InChI=1S/C22H25F3N2O5S2/c1-2-3-10-30-20(29)18-14-34-21(26-18)33-11-9-27-15(7-8-19(27)28)13-31-16-5-4-6-17(12-16)32-22(23,24)25/h4-6,12,14-15H,2-3,7-11,13H2,1H3. The number of thiazole rings is 1. The fourth-order valence-corrected chi connectivity index (χ4v) is 5.06. The first-order valence-corrected chi connectivity index (χ1v) is 12.6. The molecule has 0 bridgehead atoms. The van der Waals surface area contributed by atoms with E-state index in [2.05, 4.69) is 9.72 Å². The number of alkyl halides is 3. The zero-order valence-electron chi connectivity index (χ0n) is 18.5. The highest BCUT2D eigenvalue weighted by Crippen LogP contribution is 2.28. The minimum absolute atomic E-state index is 0.00249. The molecular weight excluding hydrogens is 493 g/mol. The minimum Gasteiger partial charge on any atom is -0.491 e. The van der Waals surface area contributed by atoms with Crippen molar-refractivity contribution < 1.29 is 37.0 Å². The molecule has 7 nitrogen and oxygen atoms in total. The van der Waals surface area contributed by atoms with Crippen molar-refractivity contribution in [1.82, 2.24) is 9.88 Å². The van der Waals surface area contributed by atoms with Gasteiger partial charge in [0.15, 0.2) is 10.0 Å². The fourth-order valence-electron chi connectivity index (χ4n) is 3.26. The van der Waals surface area contributed by atoms with Crippen LogP contribution in [0.1, 0.15) is 43.1 Å². The maximum Gasteiger partial charge on any atom is 0.573 e. The molecule has 1 saturated heterocycles. The second-order valence-electron chi connectivity index (χ2n) is 7.45. The number of ether oxygens (including phenoxy) is 3. The molecule has 1 aromatic carbocycles. The van der Waals surface area contributed by atoms with Crippen LogP contribution >= 0.6 is 23.1 Å². The second-order valence-corrected chi connectivity index (χ2v) is 9.65. The molecule has 0 saturated carbocycles. The Labute approximate surface area is 203 Å². The number of hydrogen-bond donors (Lipinski definition) is 0. The summed E-state index contributed by atoms with van der Waals surface area (Å²) in [5, 5.41) is 1.66. The van der Waals surface area contributed by atoms with Crippen LogP contribution in [-0.2, 0) is 9.53 Å². The Morgan fingerprint density at radius 1 is 1.32 bits per heavy atom. The van der Waals surface area contributed by atoms with Gasteiger partial charge in [0, 0.05) is 30.2 Å². The minimum atomic E-state index is -4.78. The number of halogens is 3. The predicted octanol–water partition coefficient (Wildman–Crippen LogP) is 5.16. The van der Waals surface area contributed by atoms with Crippen LogP contribution in [0.2, 0.25) is 0 Å². The van der Waals surface area contributed by atoms with Crippen molar-refractivity contribution >= 4 is 35.0 Å².